The van der Waals surface area contributed by atoms with Crippen LogP contribution in [0.5, 0.6) is 5.75 Å². The summed E-state index contributed by atoms with van der Waals surface area (Å²) in [7, 11) is -2.37. The van der Waals surface area contributed by atoms with E-state index in [2.05, 4.69) is 14.9 Å². The van der Waals surface area contributed by atoms with E-state index in [1.54, 1.807) is 31.4 Å². The van der Waals surface area contributed by atoms with Gasteiger partial charge in [0.2, 0.25) is 15.8 Å². The number of ether oxygens (including phenoxy) is 2. The SMILES string of the molecule is COc1cccc(-c2noc(COC(=O)C(C)NS(=O)(=O)c3ccc(Cl)cc3)n2)c1. The Morgan fingerprint density at radius 1 is 1.23 bits per heavy atom. The van der Waals surface area contributed by atoms with Gasteiger partial charge < -0.3 is 14.0 Å². The van der Waals surface area contributed by atoms with E-state index < -0.39 is 22.0 Å². The molecule has 0 bridgehead atoms. The van der Waals surface area contributed by atoms with E-state index in [-0.39, 0.29) is 17.4 Å². The largest absolute Gasteiger partial charge is 0.497 e. The zero-order valence-corrected chi connectivity index (χ0v) is 17.6. The Bertz CT molecular complexity index is 1130. The van der Waals surface area contributed by atoms with Gasteiger partial charge in [0.05, 0.1) is 12.0 Å². The fourth-order valence-electron chi connectivity index (χ4n) is 2.41. The van der Waals surface area contributed by atoms with Crippen LogP contribution in [0.4, 0.5) is 0 Å². The number of esters is 1. The monoisotopic (exact) mass is 451 g/mol. The molecule has 11 heteroatoms. The highest BCUT2D eigenvalue weighted by atomic mass is 35.5. The number of nitrogens with one attached hydrogen (secondary N) is 1. The summed E-state index contributed by atoms with van der Waals surface area (Å²) in [4.78, 5) is 16.3. The maximum absolute atomic E-state index is 12.3. The van der Waals surface area contributed by atoms with Gasteiger partial charge in [-0.3, -0.25) is 4.79 Å². The lowest BCUT2D eigenvalue weighted by atomic mass is 10.2. The molecular weight excluding hydrogens is 434 g/mol. The molecule has 0 aliphatic heterocycles. The normalized spacial score (nSPS) is 12.4. The van der Waals surface area contributed by atoms with Crippen molar-refractivity contribution in [2.24, 2.45) is 0 Å². The number of carbonyl (C=O) groups is 1. The second-order valence-corrected chi connectivity index (χ2v) is 8.30. The molecule has 0 saturated carbocycles. The summed E-state index contributed by atoms with van der Waals surface area (Å²) >= 11 is 5.76. The standard InChI is InChI=1S/C19H18ClN3O6S/c1-12(23-30(25,26)16-8-6-14(20)7-9-16)19(24)28-11-17-21-18(22-29-17)13-4-3-5-15(10-13)27-2/h3-10,12,23H,11H2,1-2H3. The zero-order valence-electron chi connectivity index (χ0n) is 16.0. The van der Waals surface area contributed by atoms with Gasteiger partial charge in [-0.1, -0.05) is 28.9 Å². The lowest BCUT2D eigenvalue weighted by Gasteiger charge is -2.13. The van der Waals surface area contributed by atoms with E-state index in [1.165, 1.54) is 31.2 Å². The van der Waals surface area contributed by atoms with E-state index in [1.807, 2.05) is 0 Å². The highest BCUT2D eigenvalue weighted by Crippen LogP contribution is 2.21. The van der Waals surface area contributed by atoms with Crippen molar-refractivity contribution in [3.63, 3.8) is 0 Å². The van der Waals surface area contributed by atoms with Gasteiger partial charge in [0.15, 0.2) is 6.61 Å². The van der Waals surface area contributed by atoms with Gasteiger partial charge in [-0.15, -0.1) is 0 Å². The van der Waals surface area contributed by atoms with Crippen molar-refractivity contribution in [2.45, 2.75) is 24.5 Å². The highest BCUT2D eigenvalue weighted by Gasteiger charge is 2.24. The van der Waals surface area contributed by atoms with Crippen LogP contribution in [-0.4, -0.2) is 37.7 Å². The molecule has 0 spiro atoms. The number of methoxy groups -OCH3 is 1. The molecule has 1 atom stereocenters. The minimum Gasteiger partial charge on any atom is -0.497 e. The Labute approximate surface area is 178 Å². The van der Waals surface area contributed by atoms with Crippen LogP contribution in [0.1, 0.15) is 12.8 Å². The fraction of sp³-hybridized carbons (Fsp3) is 0.211. The third-order valence-corrected chi connectivity index (χ3v) is 5.75. The second kappa shape index (κ2) is 9.24. The number of rotatable bonds is 8. The minimum atomic E-state index is -3.92. The van der Waals surface area contributed by atoms with Gasteiger partial charge in [-0.05, 0) is 43.3 Å². The third kappa shape index (κ3) is 5.35. The lowest BCUT2D eigenvalue weighted by Crippen LogP contribution is -2.39. The predicted octanol–water partition coefficient (Wildman–Crippen LogP) is 2.81. The maximum atomic E-state index is 12.3. The van der Waals surface area contributed by atoms with Crippen molar-refractivity contribution in [1.29, 1.82) is 0 Å². The lowest BCUT2D eigenvalue weighted by molar-refractivity contribution is -0.147. The molecule has 1 aromatic heterocycles. The average Bonchev–Trinajstić information content (AvgIpc) is 3.21. The van der Waals surface area contributed by atoms with E-state index in [4.69, 9.17) is 25.6 Å². The van der Waals surface area contributed by atoms with Crippen molar-refractivity contribution >= 4 is 27.6 Å². The topological polar surface area (TPSA) is 121 Å². The van der Waals surface area contributed by atoms with Crippen molar-refractivity contribution in [1.82, 2.24) is 14.9 Å². The van der Waals surface area contributed by atoms with Crippen molar-refractivity contribution in [3.8, 4) is 17.1 Å². The Kier molecular flexibility index (Phi) is 6.70. The van der Waals surface area contributed by atoms with Crippen molar-refractivity contribution < 1.29 is 27.2 Å². The van der Waals surface area contributed by atoms with Crippen LogP contribution in [0.25, 0.3) is 11.4 Å². The number of aromatic nitrogens is 2. The molecule has 0 aliphatic carbocycles. The molecule has 9 nitrogen and oxygen atoms in total. The summed E-state index contributed by atoms with van der Waals surface area (Å²) < 4.78 is 42.2. The Balaban J connectivity index is 1.59. The molecule has 1 unspecified atom stereocenters. The van der Waals surface area contributed by atoms with Crippen LogP contribution < -0.4 is 9.46 Å². The van der Waals surface area contributed by atoms with Crippen LogP contribution in [0.15, 0.2) is 57.9 Å². The second-order valence-electron chi connectivity index (χ2n) is 6.15. The number of hydrogen-bond donors (Lipinski definition) is 1. The number of benzene rings is 2. The van der Waals surface area contributed by atoms with Crippen LogP contribution >= 0.6 is 11.6 Å². The van der Waals surface area contributed by atoms with E-state index in [0.29, 0.717) is 22.2 Å². The van der Waals surface area contributed by atoms with Crippen molar-refractivity contribution in [2.75, 3.05) is 7.11 Å². The van der Waals surface area contributed by atoms with E-state index >= 15 is 0 Å². The number of sulfonamides is 1. The van der Waals surface area contributed by atoms with Crippen LogP contribution in [0, 0.1) is 0 Å². The smallest absolute Gasteiger partial charge is 0.324 e. The molecule has 1 N–H and O–H groups in total. The number of halogens is 1. The predicted molar refractivity (Wildman–Crippen MR) is 107 cm³/mol. The average molecular weight is 452 g/mol. The summed E-state index contributed by atoms with van der Waals surface area (Å²) in [6.45, 7) is 1.06. The van der Waals surface area contributed by atoms with Crippen LogP contribution in [0.2, 0.25) is 5.02 Å². The first kappa shape index (κ1) is 21.8. The first-order valence-corrected chi connectivity index (χ1v) is 10.6. The van der Waals surface area contributed by atoms with Crippen LogP contribution in [0.3, 0.4) is 0 Å². The van der Waals surface area contributed by atoms with Crippen molar-refractivity contribution in [3.05, 3.63) is 59.4 Å². The summed E-state index contributed by atoms with van der Waals surface area (Å²) in [6, 6.07) is 11.5. The molecule has 3 rings (SSSR count). The van der Waals surface area contributed by atoms with E-state index in [9.17, 15) is 13.2 Å². The number of hydrogen-bond acceptors (Lipinski definition) is 8. The van der Waals surface area contributed by atoms with Gasteiger partial charge in [-0.2, -0.15) is 9.71 Å². The molecule has 158 valence electrons. The molecule has 1 heterocycles. The first-order valence-electron chi connectivity index (χ1n) is 8.70. The van der Waals surface area contributed by atoms with E-state index in [0.717, 1.165) is 0 Å². The van der Waals surface area contributed by atoms with Crippen LogP contribution in [-0.2, 0) is 26.2 Å². The van der Waals surface area contributed by atoms with Gasteiger partial charge in [-0.25, -0.2) is 8.42 Å². The zero-order chi connectivity index (χ0) is 21.7. The summed E-state index contributed by atoms with van der Waals surface area (Å²) in [5.41, 5.74) is 0.666. The molecule has 3 aromatic rings. The molecule has 0 saturated heterocycles. The number of nitrogens with zero attached hydrogens (tertiary/aromatic N) is 2. The molecular formula is C19H18ClN3O6S. The summed E-state index contributed by atoms with van der Waals surface area (Å²) in [5.74, 6) is 0.200. The Morgan fingerprint density at radius 3 is 2.67 bits per heavy atom. The van der Waals surface area contributed by atoms with Gasteiger partial charge in [0, 0.05) is 10.6 Å². The summed E-state index contributed by atoms with van der Waals surface area (Å²) in [6.07, 6.45) is 0. The van der Waals surface area contributed by atoms with Gasteiger partial charge >= 0.3 is 5.97 Å². The quantitative estimate of drug-likeness (QED) is 0.519. The molecule has 0 fully saturated rings. The third-order valence-electron chi connectivity index (χ3n) is 3.94. The molecule has 30 heavy (non-hydrogen) atoms. The Hall–Kier alpha value is -2.95. The molecule has 0 aliphatic rings. The molecule has 2 aromatic carbocycles. The highest BCUT2D eigenvalue weighted by molar-refractivity contribution is 7.89. The van der Waals surface area contributed by atoms with Gasteiger partial charge in [0.1, 0.15) is 11.8 Å². The first-order chi connectivity index (χ1) is 14.3. The maximum Gasteiger partial charge on any atom is 0.324 e. The Morgan fingerprint density at radius 2 is 1.97 bits per heavy atom. The number of carbonyl (C=O) groups excluding carboxylic acids is 1. The van der Waals surface area contributed by atoms with Gasteiger partial charge in [0.25, 0.3) is 5.89 Å². The minimum absolute atomic E-state index is 0.0219. The molecule has 0 radical (unpaired) electrons. The fourth-order valence-corrected chi connectivity index (χ4v) is 3.73. The molecule has 0 amide bonds. The summed E-state index contributed by atoms with van der Waals surface area (Å²) in [5, 5.41) is 4.23.